The van der Waals surface area contributed by atoms with Gasteiger partial charge < -0.3 is 21.1 Å². The van der Waals surface area contributed by atoms with Gasteiger partial charge in [-0.15, -0.1) is 0 Å². The van der Waals surface area contributed by atoms with Crippen LogP contribution < -0.4 is 11.1 Å². The Morgan fingerprint density at radius 1 is 1.58 bits per heavy atom. The van der Waals surface area contributed by atoms with Crippen molar-refractivity contribution in [1.29, 1.82) is 0 Å². The minimum absolute atomic E-state index is 0.0509. The number of rotatable bonds is 3. The third-order valence-electron chi connectivity index (χ3n) is 3.57. The maximum atomic E-state index is 12.0. The second-order valence-electron chi connectivity index (χ2n) is 5.25. The van der Waals surface area contributed by atoms with Crippen molar-refractivity contribution >= 4 is 11.6 Å². The Morgan fingerprint density at radius 3 is 3.05 bits per heavy atom. The number of hydrogen-bond acceptors (Lipinski definition) is 4. The van der Waals surface area contributed by atoms with Crippen LogP contribution in [0.4, 0.5) is 5.69 Å². The predicted octanol–water partition coefficient (Wildman–Crippen LogP) is 1.05. The van der Waals surface area contributed by atoms with Crippen LogP contribution in [0.2, 0.25) is 0 Å². The van der Waals surface area contributed by atoms with Gasteiger partial charge in [0.2, 0.25) is 0 Å². The fourth-order valence-corrected chi connectivity index (χ4v) is 2.46. The summed E-state index contributed by atoms with van der Waals surface area (Å²) in [4.78, 5) is 14.2. The highest BCUT2D eigenvalue weighted by molar-refractivity contribution is 5.95. The van der Waals surface area contributed by atoms with Crippen LogP contribution in [-0.4, -0.2) is 42.6 Å². The lowest BCUT2D eigenvalue weighted by Gasteiger charge is -2.29. The fourth-order valence-electron chi connectivity index (χ4n) is 2.46. The summed E-state index contributed by atoms with van der Waals surface area (Å²) in [6.45, 7) is 2.83. The molecule has 1 aliphatic heterocycles. The van der Waals surface area contributed by atoms with Crippen LogP contribution in [0.15, 0.2) is 18.2 Å². The number of carbonyl (C=O) groups excluding carboxylic acids is 1. The number of anilines is 1. The number of phenolic OH excluding ortho intramolecular Hbond substituents is 1. The number of likely N-dealkylation sites (tertiary alicyclic amines) is 1. The zero-order valence-corrected chi connectivity index (χ0v) is 11.2. The lowest BCUT2D eigenvalue weighted by Crippen LogP contribution is -2.39. The molecular weight excluding hydrogens is 242 g/mol. The van der Waals surface area contributed by atoms with Gasteiger partial charge in [0.1, 0.15) is 5.75 Å². The quantitative estimate of drug-likeness (QED) is 0.562. The van der Waals surface area contributed by atoms with Gasteiger partial charge in [0.05, 0.1) is 5.69 Å². The Hall–Kier alpha value is -1.75. The van der Waals surface area contributed by atoms with Crippen molar-refractivity contribution in [2.45, 2.75) is 12.8 Å². The van der Waals surface area contributed by atoms with Crippen molar-refractivity contribution in [3.8, 4) is 5.75 Å². The Labute approximate surface area is 113 Å². The monoisotopic (exact) mass is 263 g/mol. The van der Waals surface area contributed by atoms with Gasteiger partial charge in [-0.05, 0) is 50.6 Å². The van der Waals surface area contributed by atoms with E-state index >= 15 is 0 Å². The maximum Gasteiger partial charge on any atom is 0.251 e. The van der Waals surface area contributed by atoms with E-state index in [4.69, 9.17) is 5.73 Å². The maximum absolute atomic E-state index is 12.0. The number of carbonyl (C=O) groups is 1. The normalized spacial score (nSPS) is 20.2. The zero-order chi connectivity index (χ0) is 13.8. The minimum Gasteiger partial charge on any atom is -0.506 e. The molecule has 0 bridgehead atoms. The first kappa shape index (κ1) is 13.7. The molecule has 104 valence electrons. The molecule has 1 aromatic carbocycles. The number of nitrogens with one attached hydrogen (secondary N) is 1. The Balaban J connectivity index is 1.88. The van der Waals surface area contributed by atoms with Crippen LogP contribution in [0.5, 0.6) is 5.75 Å². The van der Waals surface area contributed by atoms with Crippen LogP contribution in [-0.2, 0) is 0 Å². The van der Waals surface area contributed by atoms with Crippen LogP contribution >= 0.6 is 0 Å². The summed E-state index contributed by atoms with van der Waals surface area (Å²) >= 11 is 0. The number of phenols is 1. The Morgan fingerprint density at radius 2 is 2.37 bits per heavy atom. The summed E-state index contributed by atoms with van der Waals surface area (Å²) in [5.74, 6) is 0.290. The van der Waals surface area contributed by atoms with E-state index in [2.05, 4.69) is 17.3 Å². The van der Waals surface area contributed by atoms with E-state index in [0.29, 0.717) is 18.0 Å². The van der Waals surface area contributed by atoms with Crippen LogP contribution in [0, 0.1) is 5.92 Å². The van der Waals surface area contributed by atoms with Crippen molar-refractivity contribution in [2.75, 3.05) is 32.4 Å². The van der Waals surface area contributed by atoms with Gasteiger partial charge in [-0.2, -0.15) is 0 Å². The molecule has 5 nitrogen and oxygen atoms in total. The first-order chi connectivity index (χ1) is 9.06. The summed E-state index contributed by atoms with van der Waals surface area (Å²) in [7, 11) is 2.10. The number of hydrogen-bond donors (Lipinski definition) is 3. The summed E-state index contributed by atoms with van der Waals surface area (Å²) in [5.41, 5.74) is 6.23. The molecule has 1 saturated heterocycles. The molecule has 0 aromatic heterocycles. The smallest absolute Gasteiger partial charge is 0.251 e. The van der Waals surface area contributed by atoms with Crippen LogP contribution in [0.1, 0.15) is 23.2 Å². The van der Waals surface area contributed by atoms with E-state index in [1.54, 1.807) is 12.1 Å². The molecule has 1 unspecified atom stereocenters. The molecule has 1 amide bonds. The number of amides is 1. The topological polar surface area (TPSA) is 78.6 Å². The summed E-state index contributed by atoms with van der Waals surface area (Å²) in [6, 6.07) is 4.56. The predicted molar refractivity (Wildman–Crippen MR) is 75.1 cm³/mol. The highest BCUT2D eigenvalue weighted by atomic mass is 16.3. The van der Waals surface area contributed by atoms with Gasteiger partial charge in [0.25, 0.3) is 5.91 Å². The number of benzene rings is 1. The SMILES string of the molecule is CN1CCCC(CNC(=O)c2ccc(N)c(O)c2)C1. The molecule has 0 radical (unpaired) electrons. The minimum atomic E-state index is -0.163. The van der Waals surface area contributed by atoms with Gasteiger partial charge in [-0.1, -0.05) is 0 Å². The third kappa shape index (κ3) is 3.61. The largest absolute Gasteiger partial charge is 0.506 e. The van der Waals surface area contributed by atoms with E-state index in [1.807, 2.05) is 0 Å². The van der Waals surface area contributed by atoms with Crippen molar-refractivity contribution in [2.24, 2.45) is 5.92 Å². The summed E-state index contributed by atoms with van der Waals surface area (Å²) in [6.07, 6.45) is 2.33. The van der Waals surface area contributed by atoms with E-state index < -0.39 is 0 Å². The molecule has 5 heteroatoms. The molecule has 2 rings (SSSR count). The average Bonchev–Trinajstić information content (AvgIpc) is 2.39. The molecule has 1 aliphatic rings. The van der Waals surface area contributed by atoms with Gasteiger partial charge in [-0.3, -0.25) is 4.79 Å². The van der Waals surface area contributed by atoms with Gasteiger partial charge in [0, 0.05) is 18.7 Å². The first-order valence-electron chi connectivity index (χ1n) is 6.61. The van der Waals surface area contributed by atoms with E-state index in [0.717, 1.165) is 19.5 Å². The average molecular weight is 263 g/mol. The Bertz CT molecular complexity index is 462. The lowest BCUT2D eigenvalue weighted by molar-refractivity contribution is 0.0936. The highest BCUT2D eigenvalue weighted by Gasteiger charge is 2.18. The van der Waals surface area contributed by atoms with Crippen LogP contribution in [0.3, 0.4) is 0 Å². The zero-order valence-electron chi connectivity index (χ0n) is 11.2. The molecule has 19 heavy (non-hydrogen) atoms. The van der Waals surface area contributed by atoms with Crippen molar-refractivity contribution in [1.82, 2.24) is 10.2 Å². The van der Waals surface area contributed by atoms with Gasteiger partial charge >= 0.3 is 0 Å². The molecule has 1 atom stereocenters. The van der Waals surface area contributed by atoms with E-state index in [1.165, 1.54) is 12.5 Å². The molecule has 1 aromatic rings. The summed E-state index contributed by atoms with van der Waals surface area (Å²) < 4.78 is 0. The number of aromatic hydroxyl groups is 1. The molecule has 0 saturated carbocycles. The van der Waals surface area contributed by atoms with Gasteiger partial charge in [0.15, 0.2) is 0 Å². The van der Waals surface area contributed by atoms with Crippen molar-refractivity contribution in [3.63, 3.8) is 0 Å². The molecule has 1 heterocycles. The molecule has 1 fully saturated rings. The first-order valence-corrected chi connectivity index (χ1v) is 6.61. The molecule has 0 aliphatic carbocycles. The second-order valence-corrected chi connectivity index (χ2v) is 5.25. The fraction of sp³-hybridized carbons (Fsp3) is 0.500. The van der Waals surface area contributed by atoms with Gasteiger partial charge in [-0.25, -0.2) is 0 Å². The third-order valence-corrected chi connectivity index (χ3v) is 3.57. The lowest BCUT2D eigenvalue weighted by atomic mass is 9.98. The molecule has 0 spiro atoms. The van der Waals surface area contributed by atoms with Crippen LogP contribution in [0.25, 0.3) is 0 Å². The summed E-state index contributed by atoms with van der Waals surface area (Å²) in [5, 5.41) is 12.4. The van der Waals surface area contributed by atoms with Crippen molar-refractivity contribution in [3.05, 3.63) is 23.8 Å². The second kappa shape index (κ2) is 5.93. The molecular formula is C14H21N3O2. The highest BCUT2D eigenvalue weighted by Crippen LogP contribution is 2.20. The standard InChI is InChI=1S/C14H21N3O2/c1-17-6-2-3-10(9-17)8-16-14(19)11-4-5-12(15)13(18)7-11/h4-5,7,10,18H,2-3,6,8-9,15H2,1H3,(H,16,19). The Kier molecular flexibility index (Phi) is 4.27. The van der Waals surface area contributed by atoms with E-state index in [9.17, 15) is 9.90 Å². The van der Waals surface area contributed by atoms with E-state index in [-0.39, 0.29) is 17.3 Å². The number of piperidine rings is 1. The number of nitrogens with two attached hydrogens (primary N) is 1. The van der Waals surface area contributed by atoms with Crippen molar-refractivity contribution < 1.29 is 9.90 Å². The number of nitrogens with zero attached hydrogens (tertiary/aromatic N) is 1. The number of nitrogen functional groups attached to an aromatic ring is 1. The molecule has 4 N–H and O–H groups in total.